The number of rotatable bonds is 2. The lowest BCUT2D eigenvalue weighted by Crippen LogP contribution is -2.13. The van der Waals surface area contributed by atoms with Crippen LogP contribution in [0.25, 0.3) is 0 Å². The number of nitrogens with zero attached hydrogens (tertiary/aromatic N) is 2. The molecular weight excluding hydrogens is 304 g/mol. The van der Waals surface area contributed by atoms with Gasteiger partial charge in [-0.05, 0) is 34.3 Å². The molecule has 100 valence electrons. The Morgan fingerprint density at radius 3 is 2.47 bits per heavy atom. The monoisotopic (exact) mass is 320 g/mol. The molecule has 0 fully saturated rings. The molecule has 1 aromatic heterocycles. The maximum atomic E-state index is 5.89. The van der Waals surface area contributed by atoms with Crippen LogP contribution in [0.1, 0.15) is 31.9 Å². The highest BCUT2D eigenvalue weighted by atomic mass is 79.9. The molecule has 1 heterocycles. The maximum absolute atomic E-state index is 5.89. The van der Waals surface area contributed by atoms with Gasteiger partial charge < -0.3 is 4.74 Å². The van der Waals surface area contributed by atoms with Gasteiger partial charge in [-0.15, -0.1) is 0 Å². The van der Waals surface area contributed by atoms with E-state index in [1.54, 1.807) is 6.07 Å². The Morgan fingerprint density at radius 1 is 1.11 bits per heavy atom. The van der Waals surface area contributed by atoms with Gasteiger partial charge in [0, 0.05) is 11.6 Å². The van der Waals surface area contributed by atoms with Crippen LogP contribution in [0.15, 0.2) is 35.2 Å². The fourth-order valence-corrected chi connectivity index (χ4v) is 2.09. The molecule has 0 aliphatic heterocycles. The van der Waals surface area contributed by atoms with E-state index in [4.69, 9.17) is 4.74 Å². The molecule has 0 unspecified atom stereocenters. The van der Waals surface area contributed by atoms with Gasteiger partial charge in [0.15, 0.2) is 0 Å². The average molecular weight is 321 g/mol. The Morgan fingerprint density at radius 2 is 1.84 bits per heavy atom. The predicted molar refractivity (Wildman–Crippen MR) is 79.7 cm³/mol. The van der Waals surface area contributed by atoms with E-state index in [0.717, 1.165) is 5.75 Å². The van der Waals surface area contributed by atoms with Crippen molar-refractivity contribution >= 4 is 15.9 Å². The lowest BCUT2D eigenvalue weighted by Gasteiger charge is -2.23. The van der Waals surface area contributed by atoms with E-state index in [0.29, 0.717) is 10.5 Å². The molecule has 0 aliphatic rings. The summed E-state index contributed by atoms with van der Waals surface area (Å²) in [6, 6.07) is 7.95. The first-order valence-electron chi connectivity index (χ1n) is 6.13. The highest BCUT2D eigenvalue weighted by Gasteiger charge is 2.19. The van der Waals surface area contributed by atoms with Gasteiger partial charge in [-0.25, -0.2) is 9.97 Å². The minimum atomic E-state index is 0.0195. The molecule has 19 heavy (non-hydrogen) atoms. The van der Waals surface area contributed by atoms with Crippen LogP contribution in [0.5, 0.6) is 11.6 Å². The van der Waals surface area contributed by atoms with Crippen LogP contribution in [0.3, 0.4) is 0 Å². The van der Waals surface area contributed by atoms with Crippen molar-refractivity contribution in [3.05, 3.63) is 46.3 Å². The Kier molecular flexibility index (Phi) is 3.90. The summed E-state index contributed by atoms with van der Waals surface area (Å²) in [5.41, 5.74) is 2.41. The third-order valence-electron chi connectivity index (χ3n) is 2.77. The number of aryl methyl sites for hydroxylation is 1. The summed E-state index contributed by atoms with van der Waals surface area (Å²) in [6.45, 7) is 8.60. The van der Waals surface area contributed by atoms with Crippen molar-refractivity contribution < 1.29 is 4.74 Å². The normalized spacial score (nSPS) is 11.4. The zero-order valence-corrected chi connectivity index (χ0v) is 13.2. The van der Waals surface area contributed by atoms with Crippen LogP contribution in [0.2, 0.25) is 0 Å². The first kappa shape index (κ1) is 14.0. The number of ether oxygens (including phenoxy) is 1. The minimum absolute atomic E-state index is 0.0195. The third kappa shape index (κ3) is 3.53. The Bertz CT molecular complexity index is 591. The van der Waals surface area contributed by atoms with Crippen LogP contribution >= 0.6 is 15.9 Å². The summed E-state index contributed by atoms with van der Waals surface area (Å²) in [7, 11) is 0. The standard InChI is InChI=1S/C15H17BrN2O/c1-10-5-6-12(11(7-10)15(2,3)4)19-14-8-13(16)17-9-18-14/h5-9H,1-4H3. The van der Waals surface area contributed by atoms with E-state index < -0.39 is 0 Å². The van der Waals surface area contributed by atoms with Crippen LogP contribution in [0, 0.1) is 6.92 Å². The van der Waals surface area contributed by atoms with Crippen molar-refractivity contribution in [2.45, 2.75) is 33.1 Å². The largest absolute Gasteiger partial charge is 0.439 e. The highest BCUT2D eigenvalue weighted by molar-refractivity contribution is 9.10. The lowest BCUT2D eigenvalue weighted by atomic mass is 9.85. The highest BCUT2D eigenvalue weighted by Crippen LogP contribution is 2.34. The number of hydrogen-bond acceptors (Lipinski definition) is 3. The molecule has 0 bridgehead atoms. The molecule has 0 saturated heterocycles. The van der Waals surface area contributed by atoms with Gasteiger partial charge in [0.1, 0.15) is 16.7 Å². The first-order valence-corrected chi connectivity index (χ1v) is 6.92. The van der Waals surface area contributed by atoms with Crippen molar-refractivity contribution in [1.29, 1.82) is 0 Å². The zero-order valence-electron chi connectivity index (χ0n) is 11.6. The second-order valence-corrected chi connectivity index (χ2v) is 6.34. The van der Waals surface area contributed by atoms with Crippen molar-refractivity contribution in [3.8, 4) is 11.6 Å². The van der Waals surface area contributed by atoms with Crippen molar-refractivity contribution in [2.75, 3.05) is 0 Å². The van der Waals surface area contributed by atoms with E-state index in [2.05, 4.69) is 59.7 Å². The molecule has 3 nitrogen and oxygen atoms in total. The summed E-state index contributed by atoms with van der Waals surface area (Å²) in [5.74, 6) is 1.37. The lowest BCUT2D eigenvalue weighted by molar-refractivity contribution is 0.438. The van der Waals surface area contributed by atoms with Gasteiger partial charge in [-0.3, -0.25) is 0 Å². The molecule has 4 heteroatoms. The Balaban J connectivity index is 2.40. The SMILES string of the molecule is Cc1ccc(Oc2cc(Br)ncn2)c(C(C)(C)C)c1. The molecule has 0 atom stereocenters. The molecule has 2 aromatic rings. The van der Waals surface area contributed by atoms with E-state index in [9.17, 15) is 0 Å². The Hall–Kier alpha value is -1.42. The van der Waals surface area contributed by atoms with Gasteiger partial charge in [0.2, 0.25) is 5.88 Å². The molecule has 0 spiro atoms. The summed E-state index contributed by atoms with van der Waals surface area (Å²) in [4.78, 5) is 8.11. The van der Waals surface area contributed by atoms with Gasteiger partial charge in [0.25, 0.3) is 0 Å². The Labute approximate surface area is 122 Å². The average Bonchev–Trinajstić information content (AvgIpc) is 2.30. The fraction of sp³-hybridized carbons (Fsp3) is 0.333. The molecular formula is C15H17BrN2O. The van der Waals surface area contributed by atoms with Crippen LogP contribution < -0.4 is 4.74 Å². The summed E-state index contributed by atoms with van der Waals surface area (Å²) in [5, 5.41) is 0. The topological polar surface area (TPSA) is 35.0 Å². The van der Waals surface area contributed by atoms with E-state index in [1.807, 2.05) is 12.1 Å². The minimum Gasteiger partial charge on any atom is -0.439 e. The summed E-state index contributed by atoms with van der Waals surface area (Å²) in [6.07, 6.45) is 1.48. The molecule has 1 aromatic carbocycles. The van der Waals surface area contributed by atoms with Crippen LogP contribution in [0.4, 0.5) is 0 Å². The molecule has 0 aliphatic carbocycles. The van der Waals surface area contributed by atoms with Crippen LogP contribution in [-0.2, 0) is 5.41 Å². The fourth-order valence-electron chi connectivity index (χ4n) is 1.80. The van der Waals surface area contributed by atoms with Gasteiger partial charge >= 0.3 is 0 Å². The second-order valence-electron chi connectivity index (χ2n) is 5.53. The van der Waals surface area contributed by atoms with Crippen molar-refractivity contribution in [3.63, 3.8) is 0 Å². The number of hydrogen-bond donors (Lipinski definition) is 0. The van der Waals surface area contributed by atoms with Crippen LogP contribution in [-0.4, -0.2) is 9.97 Å². The molecule has 0 saturated carbocycles. The van der Waals surface area contributed by atoms with Gasteiger partial charge in [-0.2, -0.15) is 0 Å². The second kappa shape index (κ2) is 5.29. The van der Waals surface area contributed by atoms with Gasteiger partial charge in [0.05, 0.1) is 0 Å². The third-order valence-corrected chi connectivity index (χ3v) is 3.20. The first-order chi connectivity index (χ1) is 8.86. The number of aromatic nitrogens is 2. The molecule has 0 N–H and O–H groups in total. The molecule has 0 radical (unpaired) electrons. The smallest absolute Gasteiger partial charge is 0.223 e. The predicted octanol–water partition coefficient (Wildman–Crippen LogP) is 4.64. The van der Waals surface area contributed by atoms with E-state index in [-0.39, 0.29) is 5.41 Å². The maximum Gasteiger partial charge on any atom is 0.223 e. The summed E-state index contributed by atoms with van der Waals surface area (Å²) < 4.78 is 6.60. The van der Waals surface area contributed by atoms with E-state index in [1.165, 1.54) is 17.5 Å². The van der Waals surface area contributed by atoms with Gasteiger partial charge in [-0.1, -0.05) is 38.5 Å². The number of benzene rings is 1. The van der Waals surface area contributed by atoms with Crippen molar-refractivity contribution in [1.82, 2.24) is 9.97 Å². The van der Waals surface area contributed by atoms with Crippen molar-refractivity contribution in [2.24, 2.45) is 0 Å². The molecule has 0 amide bonds. The van der Waals surface area contributed by atoms with E-state index >= 15 is 0 Å². The zero-order chi connectivity index (χ0) is 14.0. The summed E-state index contributed by atoms with van der Waals surface area (Å²) >= 11 is 3.31. The quantitative estimate of drug-likeness (QED) is 0.756. The molecule has 2 rings (SSSR count). The number of halogens is 1.